The van der Waals surface area contributed by atoms with Crippen LogP contribution in [-0.4, -0.2) is 51.4 Å². The molecule has 0 bridgehead atoms. The van der Waals surface area contributed by atoms with E-state index < -0.39 is 27.5 Å². The molecule has 38 heavy (non-hydrogen) atoms. The Kier molecular flexibility index (Phi) is 13.1. The molecule has 0 radical (unpaired) electrons. The van der Waals surface area contributed by atoms with Crippen molar-refractivity contribution in [1.29, 1.82) is 0 Å². The largest absolute Gasteiger partial charge is 0.428 e. The van der Waals surface area contributed by atoms with E-state index in [0.29, 0.717) is 29.3 Å². The van der Waals surface area contributed by atoms with Crippen molar-refractivity contribution in [3.8, 4) is 0 Å². The van der Waals surface area contributed by atoms with Crippen LogP contribution in [0.5, 0.6) is 0 Å². The predicted octanol–water partition coefficient (Wildman–Crippen LogP) is 6.52. The van der Waals surface area contributed by atoms with Gasteiger partial charge in [-0.15, -0.1) is 0 Å². The molecule has 2 aliphatic carbocycles. The first-order valence-electron chi connectivity index (χ1n) is 13.3. The van der Waals surface area contributed by atoms with E-state index in [9.17, 15) is 24.5 Å². The van der Waals surface area contributed by atoms with Crippen molar-refractivity contribution >= 4 is 43.6 Å². The van der Waals surface area contributed by atoms with Gasteiger partial charge in [0.1, 0.15) is 6.23 Å². The molecule has 3 N–H and O–H groups in total. The molecule has 0 aromatic heterocycles. The molecular weight excluding hydrogens is 552 g/mol. The number of hydrogen-bond acceptors (Lipinski definition) is 7. The summed E-state index contributed by atoms with van der Waals surface area (Å²) >= 11 is 12.1. The number of carbonyl (C=O) groups is 2. The Morgan fingerprint density at radius 3 is 2.55 bits per heavy atom. The summed E-state index contributed by atoms with van der Waals surface area (Å²) in [7, 11) is -2.06. The number of nitrogens with zero attached hydrogens (tertiary/aromatic N) is 1. The molecule has 2 unspecified atom stereocenters. The number of carbonyl (C=O) groups excluding carboxylic acids is 2. The normalized spacial score (nSPS) is 20.4. The number of ether oxygens (including phenoxy) is 2. The molecule has 3 rings (SSSR count). The highest BCUT2D eigenvalue weighted by Gasteiger charge is 2.27. The second-order valence-corrected chi connectivity index (χ2v) is 11.9. The van der Waals surface area contributed by atoms with Crippen molar-refractivity contribution in [3.63, 3.8) is 0 Å². The van der Waals surface area contributed by atoms with Gasteiger partial charge >= 0.3 is 12.1 Å². The Labute approximate surface area is 235 Å². The second-order valence-electron chi connectivity index (χ2n) is 10.1. The fourth-order valence-corrected chi connectivity index (χ4v) is 6.13. The van der Waals surface area contributed by atoms with E-state index >= 15 is 0 Å². The van der Waals surface area contributed by atoms with Crippen LogP contribution in [0.3, 0.4) is 0 Å². The fraction of sp³-hybridized carbons (Fsp3) is 0.630. The number of allylic oxidation sites excluding steroid dienone is 1. The van der Waals surface area contributed by atoms with E-state index in [-0.39, 0.29) is 24.3 Å². The zero-order chi connectivity index (χ0) is 27.5. The zero-order valence-corrected chi connectivity index (χ0v) is 24.0. The van der Waals surface area contributed by atoms with Gasteiger partial charge < -0.3 is 24.4 Å². The first kappa shape index (κ1) is 31.1. The van der Waals surface area contributed by atoms with Gasteiger partial charge in [-0.1, -0.05) is 54.1 Å². The van der Waals surface area contributed by atoms with E-state index in [0.717, 1.165) is 68.9 Å². The Balaban J connectivity index is 1.57. The van der Waals surface area contributed by atoms with Crippen molar-refractivity contribution < 1.29 is 34.0 Å². The number of hydrogen-bond donors (Lipinski definition) is 3. The molecule has 212 valence electrons. The van der Waals surface area contributed by atoms with Crippen LogP contribution in [-0.2, 0) is 20.7 Å². The number of aliphatic hydroxyl groups is 1. The van der Waals surface area contributed by atoms with Crippen molar-refractivity contribution in [3.05, 3.63) is 45.2 Å². The smallest absolute Gasteiger partial charge is 0.414 e. The zero-order valence-electron chi connectivity index (χ0n) is 21.6. The van der Waals surface area contributed by atoms with Crippen LogP contribution in [0.15, 0.2) is 29.6 Å². The standard InChI is InChI=1S/C27H38Cl2NO7P/c28-23-11-9-20(16-24(23)29)13-14-30(27(33)37-18-36-26(32)22-7-2-1-3-8-22)25(31)12-10-19-5-4-6-21(15-19)17-38(34)35/h9,11,16-17,19,22,25,31,34-35H,1-8,10,12-15,18H2. The van der Waals surface area contributed by atoms with Gasteiger partial charge in [0.15, 0.2) is 8.38 Å². The molecule has 2 saturated carbocycles. The molecule has 2 fully saturated rings. The quantitative estimate of drug-likeness (QED) is 0.153. The Morgan fingerprint density at radius 1 is 1.08 bits per heavy atom. The van der Waals surface area contributed by atoms with Crippen LogP contribution in [0.1, 0.15) is 76.2 Å². The molecule has 0 heterocycles. The number of halogens is 2. The number of amides is 1. The lowest BCUT2D eigenvalue weighted by Crippen LogP contribution is -2.42. The van der Waals surface area contributed by atoms with Crippen LogP contribution in [0, 0.1) is 11.8 Å². The van der Waals surface area contributed by atoms with Crippen molar-refractivity contribution in [1.82, 2.24) is 4.90 Å². The lowest BCUT2D eigenvalue weighted by Gasteiger charge is -2.30. The van der Waals surface area contributed by atoms with Crippen LogP contribution < -0.4 is 0 Å². The van der Waals surface area contributed by atoms with Gasteiger partial charge in [-0.25, -0.2) is 4.79 Å². The average molecular weight is 590 g/mol. The van der Waals surface area contributed by atoms with E-state index in [2.05, 4.69) is 0 Å². The van der Waals surface area contributed by atoms with Crippen molar-refractivity contribution in [2.24, 2.45) is 11.8 Å². The van der Waals surface area contributed by atoms with Gasteiger partial charge in [0.25, 0.3) is 0 Å². The van der Waals surface area contributed by atoms with Crippen LogP contribution >= 0.6 is 31.6 Å². The molecule has 0 aliphatic heterocycles. The molecule has 0 spiro atoms. The third-order valence-corrected chi connectivity index (χ3v) is 8.67. The van der Waals surface area contributed by atoms with Gasteiger partial charge in [0.05, 0.1) is 16.0 Å². The summed E-state index contributed by atoms with van der Waals surface area (Å²) in [5, 5.41) is 11.8. The summed E-state index contributed by atoms with van der Waals surface area (Å²) < 4.78 is 10.4. The third kappa shape index (κ3) is 10.3. The topological polar surface area (TPSA) is 117 Å². The monoisotopic (exact) mass is 589 g/mol. The lowest BCUT2D eigenvalue weighted by atomic mass is 9.83. The molecule has 1 aromatic carbocycles. The molecule has 11 heteroatoms. The van der Waals surface area contributed by atoms with Crippen molar-refractivity contribution in [2.45, 2.75) is 83.3 Å². The highest BCUT2D eigenvalue weighted by molar-refractivity contribution is 7.48. The maximum Gasteiger partial charge on any atom is 0.414 e. The molecule has 2 aliphatic rings. The van der Waals surface area contributed by atoms with E-state index in [1.807, 2.05) is 6.07 Å². The third-order valence-electron chi connectivity index (χ3n) is 7.33. The lowest BCUT2D eigenvalue weighted by molar-refractivity contribution is -0.159. The number of benzene rings is 1. The van der Waals surface area contributed by atoms with Crippen LogP contribution in [0.2, 0.25) is 10.0 Å². The van der Waals surface area contributed by atoms with E-state index in [1.165, 1.54) is 10.7 Å². The van der Waals surface area contributed by atoms with Gasteiger partial charge in [0.2, 0.25) is 6.79 Å². The summed E-state index contributed by atoms with van der Waals surface area (Å²) in [6, 6.07) is 5.21. The van der Waals surface area contributed by atoms with Crippen molar-refractivity contribution in [2.75, 3.05) is 13.3 Å². The maximum absolute atomic E-state index is 13.0. The number of rotatable bonds is 11. The maximum atomic E-state index is 13.0. The highest BCUT2D eigenvalue weighted by Crippen LogP contribution is 2.37. The Hall–Kier alpha value is -1.41. The number of aliphatic hydroxyl groups excluding tert-OH is 1. The first-order chi connectivity index (χ1) is 18.2. The molecule has 1 amide bonds. The van der Waals surface area contributed by atoms with Gasteiger partial charge in [-0.3, -0.25) is 9.69 Å². The minimum absolute atomic E-state index is 0.151. The summed E-state index contributed by atoms with van der Waals surface area (Å²) in [6.45, 7) is -0.324. The highest BCUT2D eigenvalue weighted by atomic mass is 35.5. The molecule has 2 atom stereocenters. The fourth-order valence-electron chi connectivity index (χ4n) is 5.24. The minimum atomic E-state index is -2.06. The SMILES string of the molecule is O=C(OCOC(=O)N(CCc1ccc(Cl)c(Cl)c1)C(O)CCC1CCCC(=CP(O)O)C1)C1CCCCC1. The Morgan fingerprint density at radius 2 is 1.84 bits per heavy atom. The Bertz CT molecular complexity index is 955. The average Bonchev–Trinajstić information content (AvgIpc) is 2.90. The minimum Gasteiger partial charge on any atom is -0.428 e. The van der Waals surface area contributed by atoms with Gasteiger partial charge in [-0.05, 0) is 87.2 Å². The van der Waals surface area contributed by atoms with Crippen LogP contribution in [0.25, 0.3) is 0 Å². The first-order valence-corrected chi connectivity index (χ1v) is 15.4. The van der Waals surface area contributed by atoms with E-state index in [1.54, 1.807) is 12.1 Å². The van der Waals surface area contributed by atoms with Gasteiger partial charge in [-0.2, -0.15) is 0 Å². The predicted molar refractivity (Wildman–Crippen MR) is 148 cm³/mol. The molecule has 8 nitrogen and oxygen atoms in total. The molecular formula is C27H38Cl2NO7P. The van der Waals surface area contributed by atoms with Crippen LogP contribution in [0.4, 0.5) is 4.79 Å². The summed E-state index contributed by atoms with van der Waals surface area (Å²) in [5.41, 5.74) is 1.88. The van der Waals surface area contributed by atoms with E-state index in [4.69, 9.17) is 32.7 Å². The summed E-state index contributed by atoms with van der Waals surface area (Å²) in [5.74, 6) is 1.31. The number of esters is 1. The summed E-state index contributed by atoms with van der Waals surface area (Å²) in [6.07, 6.45) is 7.77. The molecule has 0 saturated heterocycles. The summed E-state index contributed by atoms with van der Waals surface area (Å²) in [4.78, 5) is 45.1. The molecule has 1 aromatic rings. The second kappa shape index (κ2) is 16.0. The van der Waals surface area contributed by atoms with Gasteiger partial charge in [0, 0.05) is 6.54 Å².